The van der Waals surface area contributed by atoms with E-state index in [0.29, 0.717) is 13.0 Å². The first-order chi connectivity index (χ1) is 29.5. The van der Waals surface area contributed by atoms with E-state index >= 15 is 0 Å². The number of hydrogen-bond donors (Lipinski definition) is 2. The third-order valence-electron chi connectivity index (χ3n) is 10.1. The SMILES string of the molecule is CCOC(=O)CCC1(C)OC(=O)C(/C=C/C=C/C=C2C(=O)OC3(CCC4(CC3)OC(=O)C(/C=C/C=C/C=C3C(=O)OC(C)(CCC5COCO5)OC3=O)=C(O)O4)OC2=O)=C(O)O1. The quantitative estimate of drug-likeness (QED) is 0.0875. The van der Waals surface area contributed by atoms with Gasteiger partial charge < -0.3 is 62.3 Å². The van der Waals surface area contributed by atoms with Gasteiger partial charge in [0.15, 0.2) is 0 Å². The number of allylic oxidation sites excluding steroid dienone is 8. The van der Waals surface area contributed by atoms with Gasteiger partial charge in [0.05, 0.1) is 25.7 Å². The second-order valence-corrected chi connectivity index (χ2v) is 14.8. The van der Waals surface area contributed by atoms with Gasteiger partial charge in [0.25, 0.3) is 35.0 Å². The fraction of sp³-hybridized carbons (Fsp3) is 0.452. The van der Waals surface area contributed by atoms with Crippen molar-refractivity contribution in [3.8, 4) is 0 Å². The molecule has 0 aromatic heterocycles. The zero-order chi connectivity index (χ0) is 44.7. The van der Waals surface area contributed by atoms with E-state index in [4.69, 9.17) is 52.1 Å². The number of rotatable bonds is 13. The highest BCUT2D eigenvalue weighted by molar-refractivity contribution is 6.16. The fourth-order valence-electron chi connectivity index (χ4n) is 6.77. The van der Waals surface area contributed by atoms with E-state index in [1.807, 2.05) is 0 Å². The Morgan fingerprint density at radius 2 is 1.10 bits per heavy atom. The average molecular weight is 869 g/mol. The van der Waals surface area contributed by atoms with Crippen LogP contribution in [0.15, 0.2) is 94.9 Å². The van der Waals surface area contributed by atoms with Gasteiger partial charge in [0.1, 0.15) is 29.1 Å². The normalized spacial score (nSPS) is 30.4. The van der Waals surface area contributed by atoms with Crippen molar-refractivity contribution in [2.45, 2.75) is 101 Å². The highest BCUT2D eigenvalue weighted by Crippen LogP contribution is 2.46. The standard InChI is InChI=1S/C42H44O20/c1-4-53-30(43)16-18-40(3)57-33(46)27(34(47)58-40)12-8-6-10-14-29-37(50)61-42(62-38(29)51)21-19-41(20-22-42)59-35(48)28(36(49)60-41)13-9-5-7-11-26-31(44)55-39(2,56-32(26)45)17-15-25-23-52-24-54-25/h5-14,25,46,48H,4,15-24H2,1-3H3/b7-5+,10-6+,12-8+,13-9+,26-11?,29-14?. The van der Waals surface area contributed by atoms with Crippen molar-refractivity contribution in [2.75, 3.05) is 20.0 Å². The number of carbonyl (C=O) groups is 7. The lowest BCUT2D eigenvalue weighted by molar-refractivity contribution is -0.297. The topological polar surface area (TPSA) is 261 Å². The van der Waals surface area contributed by atoms with Gasteiger partial charge in [-0.15, -0.1) is 0 Å². The Balaban J connectivity index is 0.977. The van der Waals surface area contributed by atoms with Crippen molar-refractivity contribution >= 4 is 41.8 Å². The number of aliphatic hydroxyl groups excluding tert-OH is 2. The van der Waals surface area contributed by atoms with E-state index in [0.717, 1.165) is 6.08 Å². The molecule has 5 aliphatic heterocycles. The summed E-state index contributed by atoms with van der Waals surface area (Å²) in [6.07, 6.45) is 12.3. The minimum Gasteiger partial charge on any atom is -0.480 e. The minimum absolute atomic E-state index is 0.0665. The van der Waals surface area contributed by atoms with Gasteiger partial charge in [-0.05, 0) is 37.6 Å². The van der Waals surface area contributed by atoms with E-state index < -0.39 is 82.4 Å². The third kappa shape index (κ3) is 10.6. The van der Waals surface area contributed by atoms with Crippen molar-refractivity contribution < 1.29 is 95.9 Å². The summed E-state index contributed by atoms with van der Waals surface area (Å²) in [5, 5.41) is 20.9. The van der Waals surface area contributed by atoms with Gasteiger partial charge in [0, 0.05) is 52.4 Å². The number of aliphatic hydroxyl groups is 2. The Morgan fingerprint density at radius 1 is 0.629 bits per heavy atom. The summed E-state index contributed by atoms with van der Waals surface area (Å²) < 4.78 is 58.9. The van der Waals surface area contributed by atoms with Crippen molar-refractivity contribution in [1.82, 2.24) is 0 Å². The van der Waals surface area contributed by atoms with Crippen molar-refractivity contribution in [3.05, 3.63) is 94.9 Å². The monoisotopic (exact) mass is 868 g/mol. The molecule has 6 aliphatic rings. The second-order valence-electron chi connectivity index (χ2n) is 14.8. The molecule has 1 saturated carbocycles. The lowest BCUT2D eigenvalue weighted by Gasteiger charge is -2.46. The van der Waals surface area contributed by atoms with Gasteiger partial charge in [0.2, 0.25) is 0 Å². The zero-order valence-corrected chi connectivity index (χ0v) is 33.9. The highest BCUT2D eigenvalue weighted by Gasteiger charge is 2.56. The van der Waals surface area contributed by atoms with Crippen LogP contribution in [0.2, 0.25) is 0 Å². The first-order valence-corrected chi connectivity index (χ1v) is 19.6. The maximum Gasteiger partial charge on any atom is 0.348 e. The van der Waals surface area contributed by atoms with Gasteiger partial charge in [-0.3, -0.25) is 4.79 Å². The zero-order valence-electron chi connectivity index (χ0n) is 33.9. The molecule has 5 heterocycles. The van der Waals surface area contributed by atoms with Crippen LogP contribution in [0.5, 0.6) is 0 Å². The molecule has 0 aromatic carbocycles. The molecule has 0 radical (unpaired) electrons. The van der Waals surface area contributed by atoms with Crippen LogP contribution in [0.25, 0.3) is 0 Å². The number of hydrogen-bond acceptors (Lipinski definition) is 20. The molecule has 1 aliphatic carbocycles. The molecule has 0 bridgehead atoms. The molecule has 62 heavy (non-hydrogen) atoms. The van der Waals surface area contributed by atoms with Gasteiger partial charge in [-0.25, -0.2) is 28.8 Å². The smallest absolute Gasteiger partial charge is 0.348 e. The summed E-state index contributed by atoms with van der Waals surface area (Å²) >= 11 is 0. The minimum atomic E-state index is -1.69. The Morgan fingerprint density at radius 3 is 1.60 bits per heavy atom. The molecule has 3 saturated heterocycles. The number of cyclic esters (lactones) is 3. The van der Waals surface area contributed by atoms with Gasteiger partial charge in [-0.1, -0.05) is 36.5 Å². The van der Waals surface area contributed by atoms with Crippen molar-refractivity contribution in [1.29, 1.82) is 0 Å². The van der Waals surface area contributed by atoms with E-state index in [1.54, 1.807) is 6.92 Å². The van der Waals surface area contributed by atoms with Crippen molar-refractivity contribution in [3.63, 3.8) is 0 Å². The Bertz CT molecular complexity index is 2070. The molecule has 20 nitrogen and oxygen atoms in total. The number of carbonyl (C=O) groups excluding carboxylic acids is 7. The summed E-state index contributed by atoms with van der Waals surface area (Å²) in [6, 6.07) is 0. The van der Waals surface area contributed by atoms with Crippen LogP contribution >= 0.6 is 0 Å². The fourth-order valence-corrected chi connectivity index (χ4v) is 6.77. The van der Waals surface area contributed by atoms with Crippen LogP contribution in [0, 0.1) is 0 Å². The summed E-state index contributed by atoms with van der Waals surface area (Å²) in [5.41, 5.74) is -1.46. The van der Waals surface area contributed by atoms with Crippen LogP contribution in [0.1, 0.15) is 72.1 Å². The molecule has 0 aromatic rings. The first kappa shape index (κ1) is 44.9. The second kappa shape index (κ2) is 18.5. The Hall–Kier alpha value is -6.67. The molecular weight excluding hydrogens is 824 g/mol. The molecule has 6 rings (SSSR count). The van der Waals surface area contributed by atoms with Crippen LogP contribution in [-0.4, -0.2) is 101 Å². The maximum atomic E-state index is 13.0. The summed E-state index contributed by atoms with van der Waals surface area (Å²) in [6.45, 7) is 5.24. The summed E-state index contributed by atoms with van der Waals surface area (Å²) in [4.78, 5) is 88.1. The predicted molar refractivity (Wildman–Crippen MR) is 202 cm³/mol. The Kier molecular flexibility index (Phi) is 13.4. The number of esters is 7. The van der Waals surface area contributed by atoms with Crippen LogP contribution < -0.4 is 0 Å². The largest absolute Gasteiger partial charge is 0.480 e. The molecule has 2 spiro atoms. The molecule has 20 heteroatoms. The molecule has 0 amide bonds. The summed E-state index contributed by atoms with van der Waals surface area (Å²) in [7, 11) is 0. The van der Waals surface area contributed by atoms with E-state index in [9.17, 15) is 43.8 Å². The van der Waals surface area contributed by atoms with Crippen LogP contribution in [0.4, 0.5) is 0 Å². The maximum absolute atomic E-state index is 13.0. The highest BCUT2D eigenvalue weighted by atomic mass is 16.8. The molecule has 2 unspecified atom stereocenters. The van der Waals surface area contributed by atoms with E-state index in [-0.39, 0.29) is 81.2 Å². The lowest BCUT2D eigenvalue weighted by atomic mass is 9.87. The van der Waals surface area contributed by atoms with Crippen molar-refractivity contribution in [2.24, 2.45) is 0 Å². The van der Waals surface area contributed by atoms with Crippen LogP contribution in [-0.2, 0) is 85.7 Å². The van der Waals surface area contributed by atoms with E-state index in [2.05, 4.69) is 0 Å². The third-order valence-corrected chi connectivity index (χ3v) is 10.1. The average Bonchev–Trinajstić information content (AvgIpc) is 3.72. The van der Waals surface area contributed by atoms with E-state index in [1.165, 1.54) is 68.5 Å². The Labute approximate surface area is 353 Å². The number of ether oxygens (including phenoxy) is 11. The van der Waals surface area contributed by atoms with Gasteiger partial charge in [-0.2, -0.15) is 0 Å². The molecule has 332 valence electrons. The molecule has 2 atom stereocenters. The predicted octanol–water partition coefficient (Wildman–Crippen LogP) is 3.85. The van der Waals surface area contributed by atoms with Crippen LogP contribution in [0.3, 0.4) is 0 Å². The molecular formula is C42H44O20. The van der Waals surface area contributed by atoms with Gasteiger partial charge >= 0.3 is 41.8 Å². The first-order valence-electron chi connectivity index (χ1n) is 19.6. The lowest BCUT2D eigenvalue weighted by Crippen LogP contribution is -2.54. The molecule has 4 fully saturated rings. The summed E-state index contributed by atoms with van der Waals surface area (Å²) in [5.74, 6) is -14.0. The molecule has 2 N–H and O–H groups in total.